The number of rotatable bonds is 6. The number of thiazole rings is 1. The average molecular weight is 367 g/mol. The minimum absolute atomic E-state index is 0.580. The molecular formula is C21H21NO3S. The van der Waals surface area contributed by atoms with E-state index < -0.39 is 0 Å². The Morgan fingerprint density at radius 1 is 0.846 bits per heavy atom. The lowest BCUT2D eigenvalue weighted by Crippen LogP contribution is -1.96. The van der Waals surface area contributed by atoms with Crippen LogP contribution >= 0.6 is 11.3 Å². The predicted octanol–water partition coefficient (Wildman–Crippen LogP) is 5.31. The molecule has 0 amide bonds. The molecule has 0 aliphatic rings. The van der Waals surface area contributed by atoms with Gasteiger partial charge in [0.2, 0.25) is 5.75 Å². The van der Waals surface area contributed by atoms with Gasteiger partial charge in [-0.2, -0.15) is 0 Å². The summed E-state index contributed by atoms with van der Waals surface area (Å²) in [5, 5.41) is 2.99. The summed E-state index contributed by atoms with van der Waals surface area (Å²) in [4.78, 5) is 4.69. The van der Waals surface area contributed by atoms with Gasteiger partial charge in [0.15, 0.2) is 11.5 Å². The van der Waals surface area contributed by atoms with Crippen LogP contribution in [0.1, 0.15) is 16.1 Å². The number of hydrogen-bond donors (Lipinski definition) is 0. The third kappa shape index (κ3) is 3.73. The molecule has 0 radical (unpaired) electrons. The van der Waals surface area contributed by atoms with Crippen molar-refractivity contribution < 1.29 is 14.2 Å². The first kappa shape index (κ1) is 18.0. The second kappa shape index (κ2) is 8.06. The molecular weight excluding hydrogens is 346 g/mol. The molecule has 134 valence electrons. The van der Waals surface area contributed by atoms with Gasteiger partial charge in [-0.1, -0.05) is 29.8 Å². The summed E-state index contributed by atoms with van der Waals surface area (Å²) in [6.45, 7) is 2.08. The van der Waals surface area contributed by atoms with E-state index in [0.717, 1.165) is 21.8 Å². The van der Waals surface area contributed by atoms with Crippen LogP contribution in [0.2, 0.25) is 0 Å². The SMILES string of the molecule is COc1ccc(/C=C/c2nc(-c3ccc(C)cc3)cs2)c(OC)c1OC. The van der Waals surface area contributed by atoms with Crippen molar-refractivity contribution in [3.05, 3.63) is 57.9 Å². The Kier molecular flexibility index (Phi) is 5.58. The fraction of sp³-hybridized carbons (Fsp3) is 0.190. The molecule has 0 N–H and O–H groups in total. The highest BCUT2D eigenvalue weighted by atomic mass is 32.1. The Morgan fingerprint density at radius 3 is 2.23 bits per heavy atom. The number of aromatic nitrogens is 1. The molecule has 5 heteroatoms. The summed E-state index contributed by atoms with van der Waals surface area (Å²) in [6.07, 6.45) is 3.95. The van der Waals surface area contributed by atoms with Gasteiger partial charge in [-0.05, 0) is 31.2 Å². The number of ether oxygens (including phenoxy) is 3. The zero-order valence-electron chi connectivity index (χ0n) is 15.3. The molecule has 0 aliphatic heterocycles. The van der Waals surface area contributed by atoms with E-state index in [4.69, 9.17) is 19.2 Å². The Bertz CT molecular complexity index is 914. The molecule has 1 heterocycles. The van der Waals surface area contributed by atoms with E-state index in [1.807, 2.05) is 24.3 Å². The molecule has 0 aliphatic carbocycles. The highest BCUT2D eigenvalue weighted by Crippen LogP contribution is 2.40. The summed E-state index contributed by atoms with van der Waals surface area (Å²) in [7, 11) is 4.82. The Morgan fingerprint density at radius 2 is 1.58 bits per heavy atom. The molecule has 1 aromatic heterocycles. The maximum Gasteiger partial charge on any atom is 0.203 e. The van der Waals surface area contributed by atoms with Gasteiger partial charge >= 0.3 is 0 Å². The maximum atomic E-state index is 5.51. The number of aryl methyl sites for hydroxylation is 1. The van der Waals surface area contributed by atoms with Crippen LogP contribution < -0.4 is 14.2 Å². The molecule has 0 fully saturated rings. The number of methoxy groups -OCH3 is 3. The maximum absolute atomic E-state index is 5.51. The van der Waals surface area contributed by atoms with E-state index in [1.165, 1.54) is 5.56 Å². The van der Waals surface area contributed by atoms with Gasteiger partial charge in [0.05, 0.1) is 27.0 Å². The molecule has 0 bridgehead atoms. The van der Waals surface area contributed by atoms with E-state index in [2.05, 4.69) is 36.6 Å². The monoisotopic (exact) mass is 367 g/mol. The first-order chi connectivity index (χ1) is 12.7. The van der Waals surface area contributed by atoms with Crippen molar-refractivity contribution in [2.75, 3.05) is 21.3 Å². The fourth-order valence-electron chi connectivity index (χ4n) is 2.64. The largest absolute Gasteiger partial charge is 0.493 e. The van der Waals surface area contributed by atoms with Gasteiger partial charge in [-0.15, -0.1) is 11.3 Å². The van der Waals surface area contributed by atoms with Crippen molar-refractivity contribution in [3.63, 3.8) is 0 Å². The second-order valence-corrected chi connectivity index (χ2v) is 6.58. The number of nitrogens with zero attached hydrogens (tertiary/aromatic N) is 1. The van der Waals surface area contributed by atoms with Crippen molar-refractivity contribution in [2.24, 2.45) is 0 Å². The molecule has 2 aromatic carbocycles. The average Bonchev–Trinajstić information content (AvgIpc) is 3.14. The minimum atomic E-state index is 0.580. The van der Waals surface area contributed by atoms with Crippen LogP contribution in [0.25, 0.3) is 23.4 Å². The molecule has 3 aromatic rings. The normalized spacial score (nSPS) is 10.9. The van der Waals surface area contributed by atoms with E-state index in [0.29, 0.717) is 17.2 Å². The zero-order valence-corrected chi connectivity index (χ0v) is 16.1. The zero-order chi connectivity index (χ0) is 18.5. The van der Waals surface area contributed by atoms with E-state index in [9.17, 15) is 0 Å². The first-order valence-corrected chi connectivity index (χ1v) is 9.04. The van der Waals surface area contributed by atoms with Crippen LogP contribution in [0.15, 0.2) is 41.8 Å². The lowest BCUT2D eigenvalue weighted by Gasteiger charge is -2.13. The lowest BCUT2D eigenvalue weighted by molar-refractivity contribution is 0.324. The van der Waals surface area contributed by atoms with Gasteiger partial charge in [0.25, 0.3) is 0 Å². The number of hydrogen-bond acceptors (Lipinski definition) is 5. The third-order valence-electron chi connectivity index (χ3n) is 4.01. The van der Waals surface area contributed by atoms with E-state index in [1.54, 1.807) is 32.7 Å². The lowest BCUT2D eigenvalue weighted by atomic mass is 10.1. The third-order valence-corrected chi connectivity index (χ3v) is 4.82. The molecule has 3 rings (SSSR count). The van der Waals surface area contributed by atoms with Crippen molar-refractivity contribution in [1.82, 2.24) is 4.98 Å². The summed E-state index contributed by atoms with van der Waals surface area (Å²) in [5.74, 6) is 1.85. The Hall–Kier alpha value is -2.79. The van der Waals surface area contributed by atoms with Gasteiger partial charge in [0.1, 0.15) is 5.01 Å². The second-order valence-electron chi connectivity index (χ2n) is 5.69. The Labute approximate surface area is 157 Å². The smallest absolute Gasteiger partial charge is 0.203 e. The minimum Gasteiger partial charge on any atom is -0.493 e. The molecule has 26 heavy (non-hydrogen) atoms. The Balaban J connectivity index is 1.88. The van der Waals surface area contributed by atoms with Gasteiger partial charge in [-0.3, -0.25) is 0 Å². The van der Waals surface area contributed by atoms with Crippen LogP contribution in [-0.2, 0) is 0 Å². The molecule has 4 nitrogen and oxygen atoms in total. The molecule has 0 spiro atoms. The van der Waals surface area contributed by atoms with Crippen molar-refractivity contribution in [3.8, 4) is 28.5 Å². The number of benzene rings is 2. The van der Waals surface area contributed by atoms with Crippen molar-refractivity contribution >= 4 is 23.5 Å². The van der Waals surface area contributed by atoms with Gasteiger partial charge < -0.3 is 14.2 Å². The predicted molar refractivity (Wildman–Crippen MR) is 107 cm³/mol. The van der Waals surface area contributed by atoms with E-state index >= 15 is 0 Å². The summed E-state index contributed by atoms with van der Waals surface area (Å²) in [5.41, 5.74) is 4.24. The quantitative estimate of drug-likeness (QED) is 0.592. The molecule has 0 atom stereocenters. The summed E-state index contributed by atoms with van der Waals surface area (Å²) >= 11 is 1.60. The van der Waals surface area contributed by atoms with Crippen molar-refractivity contribution in [1.29, 1.82) is 0 Å². The van der Waals surface area contributed by atoms with Crippen molar-refractivity contribution in [2.45, 2.75) is 6.92 Å². The van der Waals surface area contributed by atoms with Crippen LogP contribution in [0.3, 0.4) is 0 Å². The fourth-order valence-corrected chi connectivity index (χ4v) is 3.36. The molecule has 0 saturated heterocycles. The standard InChI is InChI=1S/C21H21NO3S/c1-14-5-7-15(8-6-14)17-13-26-19(22-17)12-10-16-9-11-18(23-2)21(25-4)20(16)24-3/h5-13H,1-4H3/b12-10+. The summed E-state index contributed by atoms with van der Waals surface area (Å²) in [6, 6.07) is 12.2. The molecule has 0 saturated carbocycles. The highest BCUT2D eigenvalue weighted by Gasteiger charge is 2.14. The van der Waals surface area contributed by atoms with Gasteiger partial charge in [-0.25, -0.2) is 4.98 Å². The van der Waals surface area contributed by atoms with E-state index in [-0.39, 0.29) is 0 Å². The van der Waals surface area contributed by atoms with Crippen LogP contribution in [0, 0.1) is 6.92 Å². The highest BCUT2D eigenvalue weighted by molar-refractivity contribution is 7.10. The van der Waals surface area contributed by atoms with Crippen LogP contribution in [-0.4, -0.2) is 26.3 Å². The topological polar surface area (TPSA) is 40.6 Å². The van der Waals surface area contributed by atoms with Gasteiger partial charge in [0, 0.05) is 16.5 Å². The first-order valence-electron chi connectivity index (χ1n) is 8.16. The van der Waals surface area contributed by atoms with Crippen LogP contribution in [0.5, 0.6) is 17.2 Å². The van der Waals surface area contributed by atoms with Crippen LogP contribution in [0.4, 0.5) is 0 Å². The summed E-state index contributed by atoms with van der Waals surface area (Å²) < 4.78 is 16.3. The molecule has 0 unspecified atom stereocenters.